The number of benzene rings is 1. The Hall–Kier alpha value is -1.13. The lowest BCUT2D eigenvalue weighted by molar-refractivity contribution is -0.129. The van der Waals surface area contributed by atoms with Crippen molar-refractivity contribution in [1.29, 1.82) is 0 Å². The van der Waals surface area contributed by atoms with Gasteiger partial charge in [-0.25, -0.2) is 4.39 Å². The highest BCUT2D eigenvalue weighted by molar-refractivity contribution is 6.31. The van der Waals surface area contributed by atoms with Crippen LogP contribution in [0.25, 0.3) is 0 Å². The average molecular weight is 269 g/mol. The first-order valence-corrected chi connectivity index (χ1v) is 6.47. The van der Waals surface area contributed by atoms with Gasteiger partial charge in [0, 0.05) is 43.7 Å². The minimum atomic E-state index is -0.407. The maximum Gasteiger partial charge on any atom is 0.145 e. The lowest BCUT2D eigenvalue weighted by Gasteiger charge is -2.41. The van der Waals surface area contributed by atoms with E-state index in [9.17, 15) is 9.18 Å². The van der Waals surface area contributed by atoms with Crippen LogP contribution >= 0.6 is 11.6 Å². The van der Waals surface area contributed by atoms with Crippen molar-refractivity contribution >= 4 is 23.1 Å². The number of hydrogen-bond donors (Lipinski definition) is 1. The summed E-state index contributed by atoms with van der Waals surface area (Å²) in [5, 5.41) is 3.41. The minimum Gasteiger partial charge on any atom is -0.370 e. The number of rotatable bonds is 1. The number of anilines is 1. The van der Waals surface area contributed by atoms with E-state index in [-0.39, 0.29) is 16.9 Å². The lowest BCUT2D eigenvalue weighted by Crippen LogP contribution is -2.57. The van der Waals surface area contributed by atoms with Crippen LogP contribution in [0.2, 0.25) is 5.02 Å². The predicted octanol–water partition coefficient (Wildman–Crippen LogP) is 1.70. The molecule has 2 bridgehead atoms. The summed E-state index contributed by atoms with van der Waals surface area (Å²) in [6.07, 6.45) is 0. The average Bonchev–Trinajstić information content (AvgIpc) is 2.32. The fourth-order valence-electron chi connectivity index (χ4n) is 2.77. The van der Waals surface area contributed by atoms with Gasteiger partial charge in [0.05, 0.1) is 5.02 Å². The van der Waals surface area contributed by atoms with E-state index in [2.05, 4.69) is 10.2 Å². The Morgan fingerprint density at radius 3 is 2.56 bits per heavy atom. The SMILES string of the molecule is O=C1C2CNCC1CN(c1ccc(F)c(Cl)c1)C2. The summed E-state index contributed by atoms with van der Waals surface area (Å²) in [5.41, 5.74) is 0.894. The Kier molecular flexibility index (Phi) is 2.99. The molecule has 0 saturated carbocycles. The van der Waals surface area contributed by atoms with Crippen molar-refractivity contribution < 1.29 is 9.18 Å². The van der Waals surface area contributed by atoms with Crippen molar-refractivity contribution in [1.82, 2.24) is 5.32 Å². The van der Waals surface area contributed by atoms with Gasteiger partial charge in [-0.3, -0.25) is 4.79 Å². The fourth-order valence-corrected chi connectivity index (χ4v) is 2.95. The Balaban J connectivity index is 1.85. The second-order valence-corrected chi connectivity index (χ2v) is 5.37. The number of piperidine rings is 2. The van der Waals surface area contributed by atoms with Crippen LogP contribution in [0, 0.1) is 17.7 Å². The van der Waals surface area contributed by atoms with Crippen LogP contribution in [0.3, 0.4) is 0 Å². The Morgan fingerprint density at radius 2 is 1.94 bits per heavy atom. The summed E-state index contributed by atoms with van der Waals surface area (Å²) in [6.45, 7) is 2.84. The third-order valence-electron chi connectivity index (χ3n) is 3.74. The van der Waals surface area contributed by atoms with E-state index in [1.165, 1.54) is 6.07 Å². The van der Waals surface area contributed by atoms with Crippen LogP contribution in [-0.2, 0) is 4.79 Å². The zero-order valence-corrected chi connectivity index (χ0v) is 10.6. The zero-order valence-electron chi connectivity index (χ0n) is 9.83. The van der Waals surface area contributed by atoms with Crippen molar-refractivity contribution in [2.24, 2.45) is 11.8 Å². The van der Waals surface area contributed by atoms with Gasteiger partial charge in [-0.15, -0.1) is 0 Å². The highest BCUT2D eigenvalue weighted by atomic mass is 35.5. The normalized spacial score (nSPS) is 27.4. The zero-order chi connectivity index (χ0) is 12.7. The van der Waals surface area contributed by atoms with Crippen LogP contribution in [0.15, 0.2) is 18.2 Å². The smallest absolute Gasteiger partial charge is 0.145 e. The van der Waals surface area contributed by atoms with Gasteiger partial charge in [-0.1, -0.05) is 11.6 Å². The standard InChI is InChI=1S/C13H14ClFN2O/c14-11-3-10(1-2-12(11)15)17-6-8-4-16-5-9(7-17)13(8)18/h1-3,8-9,16H,4-7H2. The molecule has 2 saturated heterocycles. The molecule has 0 radical (unpaired) electrons. The molecule has 5 heteroatoms. The topological polar surface area (TPSA) is 32.3 Å². The fraction of sp³-hybridized carbons (Fsp3) is 0.462. The van der Waals surface area contributed by atoms with Gasteiger partial charge >= 0.3 is 0 Å². The molecule has 1 N–H and O–H groups in total. The highest BCUT2D eigenvalue weighted by Gasteiger charge is 2.38. The first kappa shape index (κ1) is 11.9. The third-order valence-corrected chi connectivity index (χ3v) is 4.03. The first-order valence-electron chi connectivity index (χ1n) is 6.09. The molecule has 3 nitrogen and oxygen atoms in total. The van der Waals surface area contributed by atoms with Crippen molar-refractivity contribution in [3.8, 4) is 0 Å². The molecule has 18 heavy (non-hydrogen) atoms. The molecule has 0 spiro atoms. The molecular formula is C13H14ClFN2O. The largest absolute Gasteiger partial charge is 0.370 e. The van der Waals surface area contributed by atoms with Gasteiger partial charge in [0.2, 0.25) is 0 Å². The van der Waals surface area contributed by atoms with Crippen LogP contribution < -0.4 is 10.2 Å². The Labute approximate surface area is 110 Å². The van der Waals surface area contributed by atoms with E-state index in [0.717, 1.165) is 18.8 Å². The highest BCUT2D eigenvalue weighted by Crippen LogP contribution is 2.28. The molecule has 2 unspecified atom stereocenters. The van der Waals surface area contributed by atoms with Gasteiger partial charge in [-0.05, 0) is 18.2 Å². The number of nitrogens with zero attached hydrogens (tertiary/aromatic N) is 1. The maximum absolute atomic E-state index is 13.1. The number of fused-ring (bicyclic) bond motifs is 2. The van der Waals surface area contributed by atoms with Crippen molar-refractivity contribution in [3.63, 3.8) is 0 Å². The Morgan fingerprint density at radius 1 is 1.28 bits per heavy atom. The van der Waals surface area contributed by atoms with E-state index >= 15 is 0 Å². The predicted molar refractivity (Wildman–Crippen MR) is 68.5 cm³/mol. The second-order valence-electron chi connectivity index (χ2n) is 4.96. The monoisotopic (exact) mass is 268 g/mol. The van der Waals surface area contributed by atoms with Crippen LogP contribution in [0.1, 0.15) is 0 Å². The molecular weight excluding hydrogens is 255 g/mol. The molecule has 1 aromatic carbocycles. The van der Waals surface area contributed by atoms with E-state index in [4.69, 9.17) is 11.6 Å². The summed E-state index contributed by atoms with van der Waals surface area (Å²) < 4.78 is 13.1. The van der Waals surface area contributed by atoms with Crippen molar-refractivity contribution in [3.05, 3.63) is 29.0 Å². The van der Waals surface area contributed by atoms with E-state index in [0.29, 0.717) is 18.9 Å². The molecule has 0 amide bonds. The third kappa shape index (κ3) is 1.99. The summed E-state index contributed by atoms with van der Waals surface area (Å²) in [7, 11) is 0. The molecule has 2 heterocycles. The van der Waals surface area contributed by atoms with E-state index in [1.54, 1.807) is 12.1 Å². The van der Waals surface area contributed by atoms with Gasteiger partial charge in [0.15, 0.2) is 0 Å². The molecule has 3 rings (SSSR count). The maximum atomic E-state index is 13.1. The summed E-state index contributed by atoms with van der Waals surface area (Å²) in [4.78, 5) is 14.1. The van der Waals surface area contributed by atoms with Crippen LogP contribution in [-0.4, -0.2) is 32.0 Å². The first-order chi connectivity index (χ1) is 8.65. The molecule has 2 fully saturated rings. The Bertz CT molecular complexity index is 478. The molecule has 0 aliphatic carbocycles. The number of halogens is 2. The molecule has 2 aliphatic heterocycles. The molecule has 96 valence electrons. The number of nitrogens with one attached hydrogen (secondary N) is 1. The van der Waals surface area contributed by atoms with Crippen LogP contribution in [0.4, 0.5) is 10.1 Å². The van der Waals surface area contributed by atoms with Gasteiger partial charge < -0.3 is 10.2 Å². The molecule has 0 aromatic heterocycles. The second kappa shape index (κ2) is 4.52. The van der Waals surface area contributed by atoms with Crippen LogP contribution in [0.5, 0.6) is 0 Å². The summed E-state index contributed by atoms with van der Waals surface area (Å²) in [6, 6.07) is 4.73. The van der Waals surface area contributed by atoms with Gasteiger partial charge in [0.25, 0.3) is 0 Å². The number of hydrogen-bond acceptors (Lipinski definition) is 3. The lowest BCUT2D eigenvalue weighted by atomic mass is 9.84. The van der Waals surface area contributed by atoms with Gasteiger partial charge in [0.1, 0.15) is 11.6 Å². The minimum absolute atomic E-state index is 0.0429. The van der Waals surface area contributed by atoms with Crippen molar-refractivity contribution in [2.75, 3.05) is 31.1 Å². The molecule has 2 aliphatic rings. The van der Waals surface area contributed by atoms with E-state index in [1.807, 2.05) is 0 Å². The van der Waals surface area contributed by atoms with E-state index < -0.39 is 5.82 Å². The van der Waals surface area contributed by atoms with Gasteiger partial charge in [-0.2, -0.15) is 0 Å². The number of Topliss-reactive ketones (excluding diaryl/α,β-unsaturated/α-hetero) is 1. The molecule has 2 atom stereocenters. The summed E-state index contributed by atoms with van der Waals surface area (Å²) >= 11 is 5.80. The number of carbonyl (C=O) groups excluding carboxylic acids is 1. The van der Waals surface area contributed by atoms with Crippen molar-refractivity contribution in [2.45, 2.75) is 0 Å². The number of carbonyl (C=O) groups is 1. The summed E-state index contributed by atoms with van der Waals surface area (Å²) in [5.74, 6) is 0.0382. The number of ketones is 1. The molecule has 1 aromatic rings. The quantitative estimate of drug-likeness (QED) is 0.842.